The number of benzene rings is 2. The van der Waals surface area contributed by atoms with Crippen molar-refractivity contribution in [3.63, 3.8) is 0 Å². The minimum atomic E-state index is -0.0459. The lowest BCUT2D eigenvalue weighted by Gasteiger charge is -2.07. The van der Waals surface area contributed by atoms with Crippen molar-refractivity contribution in [2.24, 2.45) is 0 Å². The first kappa shape index (κ1) is 19.7. The maximum atomic E-state index is 12.1. The number of carbonyl (C=O) groups is 1. The van der Waals surface area contributed by atoms with Crippen LogP contribution >= 0.6 is 0 Å². The number of nitrogens with zero attached hydrogens (tertiary/aromatic N) is 2. The van der Waals surface area contributed by atoms with Crippen molar-refractivity contribution in [1.82, 2.24) is 14.9 Å². The number of hydrogen-bond acceptors (Lipinski definition) is 3. The maximum absolute atomic E-state index is 12.1. The van der Waals surface area contributed by atoms with E-state index in [1.807, 2.05) is 24.3 Å². The van der Waals surface area contributed by atoms with Crippen LogP contribution in [0.15, 0.2) is 61.2 Å². The minimum absolute atomic E-state index is 0.0459. The third-order valence-electron chi connectivity index (χ3n) is 4.76. The van der Waals surface area contributed by atoms with E-state index < -0.39 is 0 Å². The van der Waals surface area contributed by atoms with E-state index in [0.717, 1.165) is 54.8 Å². The molecule has 1 amide bonds. The number of aryl methyl sites for hydroxylation is 1. The van der Waals surface area contributed by atoms with Gasteiger partial charge in [-0.3, -0.25) is 4.79 Å². The smallest absolute Gasteiger partial charge is 0.251 e. The number of hydrogen-bond donors (Lipinski definition) is 1. The Morgan fingerprint density at radius 3 is 2.68 bits per heavy atom. The van der Waals surface area contributed by atoms with Gasteiger partial charge in [0.2, 0.25) is 0 Å². The van der Waals surface area contributed by atoms with Crippen molar-refractivity contribution < 1.29 is 9.53 Å². The predicted molar refractivity (Wildman–Crippen MR) is 113 cm³/mol. The summed E-state index contributed by atoms with van der Waals surface area (Å²) in [7, 11) is 1.61. The van der Waals surface area contributed by atoms with Crippen molar-refractivity contribution in [2.45, 2.75) is 32.2 Å². The molecule has 5 heteroatoms. The van der Waals surface area contributed by atoms with Gasteiger partial charge < -0.3 is 14.6 Å². The Hall–Kier alpha value is -3.08. The molecule has 0 aliphatic carbocycles. The Bertz CT molecular complexity index is 929. The molecular formula is C23H27N3O2. The van der Waals surface area contributed by atoms with Crippen molar-refractivity contribution in [3.8, 4) is 5.75 Å². The minimum Gasteiger partial charge on any atom is -0.497 e. The number of amides is 1. The molecule has 0 saturated carbocycles. The predicted octanol–water partition coefficient (Wildman–Crippen LogP) is 4.37. The number of allylic oxidation sites excluding steroid dienone is 1. The van der Waals surface area contributed by atoms with Gasteiger partial charge in [0.15, 0.2) is 0 Å². The highest BCUT2D eigenvalue weighted by Crippen LogP contribution is 2.18. The molecule has 0 saturated heterocycles. The van der Waals surface area contributed by atoms with E-state index in [0.29, 0.717) is 12.1 Å². The van der Waals surface area contributed by atoms with E-state index in [2.05, 4.69) is 22.5 Å². The second-order valence-corrected chi connectivity index (χ2v) is 6.71. The van der Waals surface area contributed by atoms with E-state index in [1.165, 1.54) is 0 Å². The second-order valence-electron chi connectivity index (χ2n) is 6.71. The van der Waals surface area contributed by atoms with Gasteiger partial charge in [0.05, 0.1) is 18.1 Å². The van der Waals surface area contributed by atoms with Crippen LogP contribution in [0.4, 0.5) is 0 Å². The summed E-state index contributed by atoms with van der Waals surface area (Å²) in [4.78, 5) is 16.9. The molecule has 0 unspecified atom stereocenters. The first-order chi connectivity index (χ1) is 13.7. The van der Waals surface area contributed by atoms with Gasteiger partial charge in [-0.2, -0.15) is 0 Å². The van der Waals surface area contributed by atoms with Crippen molar-refractivity contribution in [3.05, 3.63) is 72.6 Å². The van der Waals surface area contributed by atoms with Crippen LogP contribution in [0.25, 0.3) is 11.0 Å². The van der Waals surface area contributed by atoms with Gasteiger partial charge >= 0.3 is 0 Å². The van der Waals surface area contributed by atoms with Gasteiger partial charge in [0, 0.05) is 25.1 Å². The number of methoxy groups -OCH3 is 1. The third-order valence-corrected chi connectivity index (χ3v) is 4.76. The number of para-hydroxylation sites is 2. The topological polar surface area (TPSA) is 56.2 Å². The second kappa shape index (κ2) is 9.74. The van der Waals surface area contributed by atoms with Crippen LogP contribution in [-0.4, -0.2) is 29.1 Å². The average Bonchev–Trinajstić information content (AvgIpc) is 3.08. The molecule has 0 atom stereocenters. The maximum Gasteiger partial charge on any atom is 0.251 e. The van der Waals surface area contributed by atoms with Crippen LogP contribution in [0.1, 0.15) is 35.4 Å². The van der Waals surface area contributed by atoms with Crippen LogP contribution in [0.2, 0.25) is 0 Å². The van der Waals surface area contributed by atoms with Crippen LogP contribution in [0, 0.1) is 0 Å². The molecule has 1 aromatic heterocycles. The average molecular weight is 377 g/mol. The summed E-state index contributed by atoms with van der Waals surface area (Å²) in [5.41, 5.74) is 2.84. The molecule has 0 fully saturated rings. The number of imidazole rings is 1. The molecule has 0 spiro atoms. The highest BCUT2D eigenvalue weighted by atomic mass is 16.5. The zero-order valence-electron chi connectivity index (χ0n) is 16.4. The third kappa shape index (κ3) is 4.80. The van der Waals surface area contributed by atoms with Gasteiger partial charge in [0.1, 0.15) is 11.6 Å². The summed E-state index contributed by atoms with van der Waals surface area (Å²) in [6.07, 6.45) is 5.86. The lowest BCUT2D eigenvalue weighted by Crippen LogP contribution is -2.24. The number of fused-ring (bicyclic) bond motifs is 1. The molecule has 0 aliphatic heterocycles. The fourth-order valence-corrected chi connectivity index (χ4v) is 3.28. The zero-order chi connectivity index (χ0) is 19.8. The molecule has 0 radical (unpaired) electrons. The van der Waals surface area contributed by atoms with Crippen LogP contribution in [-0.2, 0) is 13.0 Å². The Morgan fingerprint density at radius 1 is 1.14 bits per heavy atom. The molecule has 146 valence electrons. The van der Waals surface area contributed by atoms with E-state index >= 15 is 0 Å². The summed E-state index contributed by atoms with van der Waals surface area (Å²) in [5.74, 6) is 1.80. The van der Waals surface area contributed by atoms with Crippen molar-refractivity contribution in [1.29, 1.82) is 0 Å². The largest absolute Gasteiger partial charge is 0.497 e. The summed E-state index contributed by atoms with van der Waals surface area (Å²) < 4.78 is 7.34. The van der Waals surface area contributed by atoms with Crippen molar-refractivity contribution >= 4 is 16.9 Å². The van der Waals surface area contributed by atoms with E-state index in [4.69, 9.17) is 9.72 Å². The lowest BCUT2D eigenvalue weighted by molar-refractivity contribution is 0.0953. The van der Waals surface area contributed by atoms with Gasteiger partial charge in [-0.25, -0.2) is 4.98 Å². The molecule has 1 heterocycles. The lowest BCUT2D eigenvalue weighted by atomic mass is 10.1. The molecule has 3 aromatic rings. The molecule has 0 aliphatic rings. The molecule has 0 bridgehead atoms. The SMILES string of the molecule is C=CCn1c(CCCCCNC(=O)c2ccc(OC)cc2)nc2ccccc21. The molecular weight excluding hydrogens is 350 g/mol. The molecule has 28 heavy (non-hydrogen) atoms. The number of nitrogens with one attached hydrogen (secondary N) is 1. The number of rotatable bonds is 10. The number of ether oxygens (including phenoxy) is 1. The Kier molecular flexibility index (Phi) is 6.84. The Labute approximate surface area is 166 Å². The molecule has 5 nitrogen and oxygen atoms in total. The highest BCUT2D eigenvalue weighted by molar-refractivity contribution is 5.94. The van der Waals surface area contributed by atoms with Gasteiger partial charge in [-0.05, 0) is 49.2 Å². The first-order valence-electron chi connectivity index (χ1n) is 9.70. The standard InChI is InChI=1S/C23H27N3O2/c1-3-17-26-21-10-7-6-9-20(21)25-22(26)11-5-4-8-16-24-23(27)18-12-14-19(28-2)15-13-18/h3,6-7,9-10,12-15H,1,4-5,8,11,16-17H2,2H3,(H,24,27). The number of aromatic nitrogens is 2. The van der Waals surface area contributed by atoms with Crippen LogP contribution in [0.3, 0.4) is 0 Å². The number of carbonyl (C=O) groups excluding carboxylic acids is 1. The highest BCUT2D eigenvalue weighted by Gasteiger charge is 2.09. The van der Waals surface area contributed by atoms with Crippen molar-refractivity contribution in [2.75, 3.05) is 13.7 Å². The number of unbranched alkanes of at least 4 members (excludes halogenated alkanes) is 2. The van der Waals surface area contributed by atoms with Crippen LogP contribution < -0.4 is 10.1 Å². The normalized spacial score (nSPS) is 10.8. The van der Waals surface area contributed by atoms with E-state index in [-0.39, 0.29) is 5.91 Å². The zero-order valence-corrected chi connectivity index (χ0v) is 16.4. The van der Waals surface area contributed by atoms with E-state index in [1.54, 1.807) is 31.4 Å². The Morgan fingerprint density at radius 2 is 1.93 bits per heavy atom. The summed E-state index contributed by atoms with van der Waals surface area (Å²) >= 11 is 0. The Balaban J connectivity index is 1.43. The summed E-state index contributed by atoms with van der Waals surface area (Å²) in [6.45, 7) is 5.31. The van der Waals surface area contributed by atoms with Gasteiger partial charge in [-0.1, -0.05) is 24.6 Å². The fourth-order valence-electron chi connectivity index (χ4n) is 3.28. The first-order valence-corrected chi connectivity index (χ1v) is 9.70. The summed E-state index contributed by atoms with van der Waals surface area (Å²) in [6, 6.07) is 15.4. The molecule has 2 aromatic carbocycles. The fraction of sp³-hybridized carbons (Fsp3) is 0.304. The van der Waals surface area contributed by atoms with Gasteiger partial charge in [0.25, 0.3) is 5.91 Å². The van der Waals surface area contributed by atoms with Gasteiger partial charge in [-0.15, -0.1) is 6.58 Å². The molecule has 1 N–H and O–H groups in total. The quantitative estimate of drug-likeness (QED) is 0.421. The summed E-state index contributed by atoms with van der Waals surface area (Å²) in [5, 5.41) is 2.97. The molecule has 3 rings (SSSR count). The monoisotopic (exact) mass is 377 g/mol. The van der Waals surface area contributed by atoms with E-state index in [9.17, 15) is 4.79 Å². The van der Waals surface area contributed by atoms with Crippen LogP contribution in [0.5, 0.6) is 5.75 Å².